The van der Waals surface area contributed by atoms with Crippen molar-refractivity contribution in [2.75, 3.05) is 17.7 Å². The van der Waals surface area contributed by atoms with E-state index in [1.807, 2.05) is 13.0 Å². The molecule has 0 saturated heterocycles. The van der Waals surface area contributed by atoms with Crippen molar-refractivity contribution in [3.63, 3.8) is 0 Å². The molecular weight excluding hydrogens is 204 g/mol. The summed E-state index contributed by atoms with van der Waals surface area (Å²) in [5.74, 6) is 0.635. The van der Waals surface area contributed by atoms with Crippen LogP contribution in [0.2, 0.25) is 0 Å². The second-order valence-corrected chi connectivity index (χ2v) is 3.66. The molecule has 0 aromatic carbocycles. The van der Waals surface area contributed by atoms with Crippen LogP contribution >= 0.6 is 0 Å². The Bertz CT molecular complexity index is 386. The molecule has 1 unspecified atom stereocenters. The standard InChI is InChI=1S/C11H16N4O/c1-8(3-2-6-16)14-11-5-4-9(13)10(7-12)15-11/h4-5,8,16H,2-3,6,13H2,1H3,(H,14,15). The van der Waals surface area contributed by atoms with Crippen LogP contribution in [0.5, 0.6) is 0 Å². The van der Waals surface area contributed by atoms with Crippen LogP contribution in [0.3, 0.4) is 0 Å². The van der Waals surface area contributed by atoms with Crippen LogP contribution in [-0.2, 0) is 0 Å². The molecule has 1 aromatic rings. The number of nitrogen functional groups attached to an aromatic ring is 1. The predicted octanol–water partition coefficient (Wildman–Crippen LogP) is 1.11. The van der Waals surface area contributed by atoms with E-state index in [0.717, 1.165) is 12.8 Å². The average Bonchev–Trinajstić information content (AvgIpc) is 2.29. The Balaban J connectivity index is 2.64. The van der Waals surface area contributed by atoms with Gasteiger partial charge in [0.15, 0.2) is 5.69 Å². The van der Waals surface area contributed by atoms with Crippen molar-refractivity contribution in [1.82, 2.24) is 4.98 Å². The highest BCUT2D eigenvalue weighted by atomic mass is 16.2. The van der Waals surface area contributed by atoms with Gasteiger partial charge in [-0.05, 0) is 31.9 Å². The molecule has 1 aromatic heterocycles. The maximum absolute atomic E-state index is 8.77. The number of rotatable bonds is 5. The van der Waals surface area contributed by atoms with Crippen LogP contribution in [0.15, 0.2) is 12.1 Å². The lowest BCUT2D eigenvalue weighted by Gasteiger charge is -2.14. The van der Waals surface area contributed by atoms with E-state index in [1.54, 1.807) is 12.1 Å². The van der Waals surface area contributed by atoms with Crippen molar-refractivity contribution in [2.24, 2.45) is 0 Å². The number of nitrogens with two attached hydrogens (primary N) is 1. The highest BCUT2D eigenvalue weighted by molar-refractivity contribution is 5.54. The van der Waals surface area contributed by atoms with Crippen molar-refractivity contribution in [3.05, 3.63) is 17.8 Å². The average molecular weight is 220 g/mol. The molecule has 1 atom stereocenters. The zero-order chi connectivity index (χ0) is 12.0. The number of nitriles is 1. The number of pyridine rings is 1. The zero-order valence-corrected chi connectivity index (χ0v) is 9.27. The van der Waals surface area contributed by atoms with Gasteiger partial charge in [-0.2, -0.15) is 5.26 Å². The number of anilines is 2. The molecule has 0 radical (unpaired) electrons. The molecule has 16 heavy (non-hydrogen) atoms. The summed E-state index contributed by atoms with van der Waals surface area (Å²) in [7, 11) is 0. The zero-order valence-electron chi connectivity index (χ0n) is 9.27. The third-order valence-corrected chi connectivity index (χ3v) is 2.22. The van der Waals surface area contributed by atoms with Crippen molar-refractivity contribution in [3.8, 4) is 6.07 Å². The Hall–Kier alpha value is -1.80. The van der Waals surface area contributed by atoms with Crippen LogP contribution in [0.4, 0.5) is 11.5 Å². The molecule has 4 N–H and O–H groups in total. The second kappa shape index (κ2) is 5.93. The van der Waals surface area contributed by atoms with Crippen LogP contribution in [0.1, 0.15) is 25.5 Å². The summed E-state index contributed by atoms with van der Waals surface area (Å²) in [4.78, 5) is 4.08. The summed E-state index contributed by atoms with van der Waals surface area (Å²) >= 11 is 0. The number of nitrogens with one attached hydrogen (secondary N) is 1. The van der Waals surface area contributed by atoms with Gasteiger partial charge < -0.3 is 16.2 Å². The normalized spacial score (nSPS) is 11.8. The first-order chi connectivity index (χ1) is 7.67. The van der Waals surface area contributed by atoms with E-state index in [4.69, 9.17) is 16.1 Å². The molecule has 0 saturated carbocycles. The number of aliphatic hydroxyl groups is 1. The van der Waals surface area contributed by atoms with Gasteiger partial charge in [0.2, 0.25) is 0 Å². The lowest BCUT2D eigenvalue weighted by molar-refractivity contribution is 0.282. The fourth-order valence-corrected chi connectivity index (χ4v) is 1.36. The minimum atomic E-state index is 0.185. The molecule has 5 heteroatoms. The van der Waals surface area contributed by atoms with Gasteiger partial charge in [-0.25, -0.2) is 4.98 Å². The number of nitrogens with zero attached hydrogens (tertiary/aromatic N) is 2. The van der Waals surface area contributed by atoms with Gasteiger partial charge in [0.05, 0.1) is 5.69 Å². The molecule has 0 spiro atoms. The van der Waals surface area contributed by atoms with Gasteiger partial charge in [0.25, 0.3) is 0 Å². The SMILES string of the molecule is CC(CCCO)Nc1ccc(N)c(C#N)n1. The van der Waals surface area contributed by atoms with Gasteiger partial charge in [-0.1, -0.05) is 0 Å². The van der Waals surface area contributed by atoms with Crippen LogP contribution in [-0.4, -0.2) is 22.7 Å². The van der Waals surface area contributed by atoms with Crippen LogP contribution in [0, 0.1) is 11.3 Å². The predicted molar refractivity (Wildman–Crippen MR) is 62.8 cm³/mol. The molecule has 0 fully saturated rings. The maximum atomic E-state index is 8.77. The van der Waals surface area contributed by atoms with E-state index in [1.165, 1.54) is 0 Å². The largest absolute Gasteiger partial charge is 0.396 e. The minimum Gasteiger partial charge on any atom is -0.396 e. The van der Waals surface area contributed by atoms with Gasteiger partial charge in [0, 0.05) is 12.6 Å². The van der Waals surface area contributed by atoms with Gasteiger partial charge in [0.1, 0.15) is 11.9 Å². The van der Waals surface area contributed by atoms with E-state index in [-0.39, 0.29) is 18.3 Å². The second-order valence-electron chi connectivity index (χ2n) is 3.66. The molecule has 1 rings (SSSR count). The Kier molecular flexibility index (Phi) is 4.55. The minimum absolute atomic E-state index is 0.185. The molecule has 5 nitrogen and oxygen atoms in total. The van der Waals surface area contributed by atoms with Crippen LogP contribution in [0.25, 0.3) is 0 Å². The van der Waals surface area contributed by atoms with Crippen molar-refractivity contribution in [2.45, 2.75) is 25.8 Å². The van der Waals surface area contributed by atoms with Gasteiger partial charge in [-0.15, -0.1) is 0 Å². The lowest BCUT2D eigenvalue weighted by Crippen LogP contribution is -2.16. The van der Waals surface area contributed by atoms with E-state index in [2.05, 4.69) is 10.3 Å². The molecule has 0 bridgehead atoms. The Morgan fingerprint density at radius 3 is 3.00 bits per heavy atom. The number of aliphatic hydroxyl groups excluding tert-OH is 1. The lowest BCUT2D eigenvalue weighted by atomic mass is 10.2. The quantitative estimate of drug-likeness (QED) is 0.690. The highest BCUT2D eigenvalue weighted by Gasteiger charge is 2.05. The fraction of sp³-hybridized carbons (Fsp3) is 0.455. The summed E-state index contributed by atoms with van der Waals surface area (Å²) in [5, 5.41) is 20.6. The maximum Gasteiger partial charge on any atom is 0.165 e. The Labute approximate surface area is 94.9 Å². The number of hydrogen-bond donors (Lipinski definition) is 3. The summed E-state index contributed by atoms with van der Waals surface area (Å²) in [6, 6.07) is 5.54. The first-order valence-electron chi connectivity index (χ1n) is 5.21. The first kappa shape index (κ1) is 12.3. The molecule has 0 amide bonds. The van der Waals surface area contributed by atoms with Crippen molar-refractivity contribution in [1.29, 1.82) is 5.26 Å². The third kappa shape index (κ3) is 3.41. The summed E-state index contributed by atoms with van der Waals surface area (Å²) in [6.07, 6.45) is 1.60. The third-order valence-electron chi connectivity index (χ3n) is 2.22. The summed E-state index contributed by atoms with van der Waals surface area (Å²) in [5.41, 5.74) is 6.19. The number of aromatic nitrogens is 1. The molecule has 0 aliphatic heterocycles. The highest BCUT2D eigenvalue weighted by Crippen LogP contribution is 2.13. The van der Waals surface area contributed by atoms with E-state index < -0.39 is 0 Å². The number of hydrogen-bond acceptors (Lipinski definition) is 5. The van der Waals surface area contributed by atoms with E-state index in [0.29, 0.717) is 11.5 Å². The monoisotopic (exact) mass is 220 g/mol. The Morgan fingerprint density at radius 1 is 1.62 bits per heavy atom. The fourth-order valence-electron chi connectivity index (χ4n) is 1.36. The smallest absolute Gasteiger partial charge is 0.165 e. The van der Waals surface area contributed by atoms with Crippen molar-refractivity contribution < 1.29 is 5.11 Å². The molecule has 1 heterocycles. The molecule has 0 aliphatic rings. The molecular formula is C11H16N4O. The summed E-state index contributed by atoms with van der Waals surface area (Å²) < 4.78 is 0. The molecule has 0 aliphatic carbocycles. The topological polar surface area (TPSA) is 95.0 Å². The van der Waals surface area contributed by atoms with Gasteiger partial charge in [-0.3, -0.25) is 0 Å². The molecule has 86 valence electrons. The Morgan fingerprint density at radius 2 is 2.38 bits per heavy atom. The van der Waals surface area contributed by atoms with Crippen LogP contribution < -0.4 is 11.1 Å². The van der Waals surface area contributed by atoms with Crippen molar-refractivity contribution >= 4 is 11.5 Å². The van der Waals surface area contributed by atoms with E-state index >= 15 is 0 Å². The van der Waals surface area contributed by atoms with E-state index in [9.17, 15) is 0 Å². The van der Waals surface area contributed by atoms with Gasteiger partial charge >= 0.3 is 0 Å². The summed E-state index contributed by atoms with van der Waals surface area (Å²) in [6.45, 7) is 2.18. The first-order valence-corrected chi connectivity index (χ1v) is 5.21.